The highest BCUT2D eigenvalue weighted by Gasteiger charge is 2.28. The van der Waals surface area contributed by atoms with Crippen molar-refractivity contribution in [2.75, 3.05) is 0 Å². The molecule has 1 aromatic rings. The minimum atomic E-state index is -0.232. The van der Waals surface area contributed by atoms with Crippen LogP contribution in [0.1, 0.15) is 39.7 Å². The van der Waals surface area contributed by atoms with Crippen molar-refractivity contribution in [3.63, 3.8) is 0 Å². The first-order valence-electron chi connectivity index (χ1n) is 5.87. The van der Waals surface area contributed by atoms with Crippen molar-refractivity contribution in [2.24, 2.45) is 11.3 Å². The molecule has 0 aliphatic rings. The zero-order valence-corrected chi connectivity index (χ0v) is 10.7. The van der Waals surface area contributed by atoms with E-state index in [0.29, 0.717) is 5.78 Å². The van der Waals surface area contributed by atoms with Gasteiger partial charge in [-0.05, 0) is 24.5 Å². The van der Waals surface area contributed by atoms with Crippen LogP contribution in [0.15, 0.2) is 24.5 Å². The fourth-order valence-electron chi connectivity index (χ4n) is 1.91. The van der Waals surface area contributed by atoms with Gasteiger partial charge in [-0.3, -0.25) is 9.78 Å². The predicted molar refractivity (Wildman–Crippen MR) is 66.2 cm³/mol. The van der Waals surface area contributed by atoms with Crippen LogP contribution in [0.5, 0.6) is 0 Å². The Balaban J connectivity index is 2.58. The standard InChI is InChI=1S/C14H21NO/c1-11(2)13(16)14(3,4)8-7-12-6-5-9-15-10-12/h5-6,9-11H,7-8H2,1-4H3. The molecule has 0 spiro atoms. The van der Waals surface area contributed by atoms with E-state index < -0.39 is 0 Å². The SMILES string of the molecule is CC(C)C(=O)C(C)(C)CCc1cccnc1. The van der Waals surface area contributed by atoms with Crippen molar-refractivity contribution in [1.82, 2.24) is 4.98 Å². The Morgan fingerprint density at radius 1 is 1.44 bits per heavy atom. The molecule has 0 aromatic carbocycles. The van der Waals surface area contributed by atoms with Gasteiger partial charge >= 0.3 is 0 Å². The molecule has 2 heteroatoms. The summed E-state index contributed by atoms with van der Waals surface area (Å²) in [5, 5.41) is 0. The summed E-state index contributed by atoms with van der Waals surface area (Å²) in [4.78, 5) is 16.1. The summed E-state index contributed by atoms with van der Waals surface area (Å²) in [6, 6.07) is 4.00. The van der Waals surface area contributed by atoms with E-state index in [2.05, 4.69) is 11.1 Å². The van der Waals surface area contributed by atoms with Crippen LogP contribution < -0.4 is 0 Å². The average molecular weight is 219 g/mol. The van der Waals surface area contributed by atoms with E-state index in [1.54, 1.807) is 6.20 Å². The smallest absolute Gasteiger partial charge is 0.141 e. The lowest BCUT2D eigenvalue weighted by Gasteiger charge is -2.25. The molecule has 16 heavy (non-hydrogen) atoms. The van der Waals surface area contributed by atoms with Crippen molar-refractivity contribution in [2.45, 2.75) is 40.5 Å². The number of nitrogens with zero attached hydrogens (tertiary/aromatic N) is 1. The number of aromatic nitrogens is 1. The molecule has 0 fully saturated rings. The summed E-state index contributed by atoms with van der Waals surface area (Å²) in [5.74, 6) is 0.459. The molecule has 1 heterocycles. The summed E-state index contributed by atoms with van der Waals surface area (Å²) in [6.45, 7) is 8.00. The summed E-state index contributed by atoms with van der Waals surface area (Å²) >= 11 is 0. The first kappa shape index (κ1) is 12.9. The topological polar surface area (TPSA) is 30.0 Å². The number of carbonyl (C=O) groups excluding carboxylic acids is 1. The quantitative estimate of drug-likeness (QED) is 0.760. The number of ketones is 1. The Labute approximate surface area is 98.1 Å². The minimum absolute atomic E-state index is 0.115. The molecule has 0 saturated heterocycles. The van der Waals surface area contributed by atoms with Gasteiger partial charge < -0.3 is 0 Å². The molecular weight excluding hydrogens is 198 g/mol. The van der Waals surface area contributed by atoms with Crippen LogP contribution in [0.2, 0.25) is 0 Å². The molecule has 1 aromatic heterocycles. The molecule has 0 atom stereocenters. The monoisotopic (exact) mass is 219 g/mol. The maximum atomic E-state index is 12.0. The van der Waals surface area contributed by atoms with E-state index in [1.807, 2.05) is 40.0 Å². The van der Waals surface area contributed by atoms with Gasteiger partial charge in [0.2, 0.25) is 0 Å². The fourth-order valence-corrected chi connectivity index (χ4v) is 1.91. The van der Waals surface area contributed by atoms with Gasteiger partial charge in [0.05, 0.1) is 0 Å². The molecule has 0 bridgehead atoms. The number of hydrogen-bond donors (Lipinski definition) is 0. The molecule has 0 N–H and O–H groups in total. The van der Waals surface area contributed by atoms with Crippen LogP contribution in [0, 0.1) is 11.3 Å². The third-order valence-corrected chi connectivity index (χ3v) is 2.95. The molecule has 0 aliphatic heterocycles. The number of carbonyl (C=O) groups is 1. The van der Waals surface area contributed by atoms with Gasteiger partial charge in [0, 0.05) is 23.7 Å². The van der Waals surface area contributed by atoms with Crippen LogP contribution in [-0.2, 0) is 11.2 Å². The predicted octanol–water partition coefficient (Wildman–Crippen LogP) is 3.27. The lowest BCUT2D eigenvalue weighted by atomic mass is 9.78. The zero-order chi connectivity index (χ0) is 12.2. The molecule has 0 saturated carbocycles. The van der Waals surface area contributed by atoms with E-state index in [-0.39, 0.29) is 11.3 Å². The molecule has 0 unspecified atom stereocenters. The van der Waals surface area contributed by atoms with Crippen molar-refractivity contribution in [1.29, 1.82) is 0 Å². The molecule has 0 aliphatic carbocycles. The molecule has 2 nitrogen and oxygen atoms in total. The average Bonchev–Trinajstić information content (AvgIpc) is 2.27. The summed E-state index contributed by atoms with van der Waals surface area (Å²) in [6.07, 6.45) is 5.44. The first-order valence-corrected chi connectivity index (χ1v) is 5.87. The number of rotatable bonds is 5. The van der Waals surface area contributed by atoms with Crippen molar-refractivity contribution in [3.05, 3.63) is 30.1 Å². The number of hydrogen-bond acceptors (Lipinski definition) is 2. The van der Waals surface area contributed by atoms with Crippen LogP contribution in [0.3, 0.4) is 0 Å². The molecular formula is C14H21NO. The van der Waals surface area contributed by atoms with E-state index >= 15 is 0 Å². The first-order chi connectivity index (χ1) is 7.43. The largest absolute Gasteiger partial charge is 0.299 e. The zero-order valence-electron chi connectivity index (χ0n) is 10.7. The van der Waals surface area contributed by atoms with Crippen molar-refractivity contribution in [3.8, 4) is 0 Å². The Kier molecular flexibility index (Phi) is 4.22. The van der Waals surface area contributed by atoms with Crippen LogP contribution in [0.4, 0.5) is 0 Å². The van der Waals surface area contributed by atoms with Crippen molar-refractivity contribution >= 4 is 5.78 Å². The van der Waals surface area contributed by atoms with Crippen molar-refractivity contribution < 1.29 is 4.79 Å². The summed E-state index contributed by atoms with van der Waals surface area (Å²) in [5.41, 5.74) is 0.969. The van der Waals surface area contributed by atoms with Gasteiger partial charge in [0.15, 0.2) is 0 Å². The highest BCUT2D eigenvalue weighted by Crippen LogP contribution is 2.27. The van der Waals surface area contributed by atoms with Crippen LogP contribution >= 0.6 is 0 Å². The third-order valence-electron chi connectivity index (χ3n) is 2.95. The van der Waals surface area contributed by atoms with Gasteiger partial charge in [-0.25, -0.2) is 0 Å². The second kappa shape index (κ2) is 5.24. The highest BCUT2D eigenvalue weighted by molar-refractivity contribution is 5.85. The third kappa shape index (κ3) is 3.44. The Morgan fingerprint density at radius 2 is 2.12 bits per heavy atom. The second-order valence-corrected chi connectivity index (χ2v) is 5.26. The van der Waals surface area contributed by atoms with E-state index in [1.165, 1.54) is 5.56 Å². The molecule has 0 radical (unpaired) electrons. The number of Topliss-reactive ketones (excluding diaryl/α,β-unsaturated/α-hetero) is 1. The fraction of sp³-hybridized carbons (Fsp3) is 0.571. The van der Waals surface area contributed by atoms with Gasteiger partial charge in [0.25, 0.3) is 0 Å². The minimum Gasteiger partial charge on any atom is -0.299 e. The normalized spacial score (nSPS) is 11.8. The lowest BCUT2D eigenvalue weighted by Crippen LogP contribution is -2.28. The summed E-state index contributed by atoms with van der Waals surface area (Å²) in [7, 11) is 0. The Bertz CT molecular complexity index is 341. The Morgan fingerprint density at radius 3 is 2.62 bits per heavy atom. The molecule has 88 valence electrons. The lowest BCUT2D eigenvalue weighted by molar-refractivity contribution is -0.130. The molecule has 1 rings (SSSR count). The second-order valence-electron chi connectivity index (χ2n) is 5.26. The van der Waals surface area contributed by atoms with Crippen LogP contribution in [0.25, 0.3) is 0 Å². The molecule has 0 amide bonds. The van der Waals surface area contributed by atoms with Gasteiger partial charge in [-0.1, -0.05) is 33.8 Å². The van der Waals surface area contributed by atoms with Crippen LogP contribution in [-0.4, -0.2) is 10.8 Å². The Hall–Kier alpha value is -1.18. The highest BCUT2D eigenvalue weighted by atomic mass is 16.1. The van der Waals surface area contributed by atoms with E-state index in [9.17, 15) is 4.79 Å². The van der Waals surface area contributed by atoms with Gasteiger partial charge in [-0.15, -0.1) is 0 Å². The number of pyridine rings is 1. The van der Waals surface area contributed by atoms with E-state index in [0.717, 1.165) is 12.8 Å². The maximum absolute atomic E-state index is 12.0. The maximum Gasteiger partial charge on any atom is 0.141 e. The summed E-state index contributed by atoms with van der Waals surface area (Å²) < 4.78 is 0. The van der Waals surface area contributed by atoms with Gasteiger partial charge in [0.1, 0.15) is 5.78 Å². The van der Waals surface area contributed by atoms with E-state index in [4.69, 9.17) is 0 Å². The number of aryl methyl sites for hydroxylation is 1. The van der Waals surface area contributed by atoms with Gasteiger partial charge in [-0.2, -0.15) is 0 Å².